The van der Waals surface area contributed by atoms with E-state index >= 15 is 0 Å². The molecule has 0 saturated heterocycles. The van der Waals surface area contributed by atoms with Gasteiger partial charge in [0.1, 0.15) is 22.6 Å². The van der Waals surface area contributed by atoms with Gasteiger partial charge in [-0.25, -0.2) is 9.59 Å². The van der Waals surface area contributed by atoms with Crippen molar-refractivity contribution in [2.75, 3.05) is 26.6 Å². The predicted octanol–water partition coefficient (Wildman–Crippen LogP) is 3.28. The number of nitrogens with one attached hydrogen (secondary N) is 2. The summed E-state index contributed by atoms with van der Waals surface area (Å²) in [7, 11) is 4.21. The number of carbonyl (C=O) groups is 3. The summed E-state index contributed by atoms with van der Waals surface area (Å²) in [6, 6.07) is 3.22. The Morgan fingerprint density at radius 2 is 1.61 bits per heavy atom. The zero-order chi connectivity index (χ0) is 23.2. The van der Waals surface area contributed by atoms with Crippen LogP contribution in [0, 0.1) is 0 Å². The fourth-order valence-electron chi connectivity index (χ4n) is 3.08. The fraction of sp³-hybridized carbons (Fsp3) is 0.500. The van der Waals surface area contributed by atoms with E-state index < -0.39 is 23.2 Å². The second-order valence-electron chi connectivity index (χ2n) is 8.17. The average Bonchev–Trinajstić information content (AvgIpc) is 2.67. The Balaban J connectivity index is 2.24. The van der Waals surface area contributed by atoms with Crippen LogP contribution in [0.5, 0.6) is 11.5 Å². The Morgan fingerprint density at radius 3 is 2.03 bits per heavy atom. The first-order chi connectivity index (χ1) is 14.5. The van der Waals surface area contributed by atoms with Crippen LogP contribution in [-0.2, 0) is 19.1 Å². The Hall–Kier alpha value is -3.23. The molecule has 31 heavy (non-hydrogen) atoms. The molecule has 9 nitrogen and oxygen atoms in total. The summed E-state index contributed by atoms with van der Waals surface area (Å²) in [5, 5.41) is 5.54. The monoisotopic (exact) mass is 434 g/mol. The smallest absolute Gasteiger partial charge is 0.408 e. The van der Waals surface area contributed by atoms with Gasteiger partial charge in [-0.05, 0) is 46.1 Å². The third-order valence-corrected chi connectivity index (χ3v) is 4.77. The van der Waals surface area contributed by atoms with Crippen molar-refractivity contribution in [3.63, 3.8) is 0 Å². The van der Waals surface area contributed by atoms with Gasteiger partial charge in [-0.2, -0.15) is 0 Å². The minimum Gasteiger partial charge on any atom is -0.496 e. The number of amides is 2. The van der Waals surface area contributed by atoms with Gasteiger partial charge in [-0.1, -0.05) is 0 Å². The molecule has 2 amide bonds. The lowest BCUT2D eigenvalue weighted by Crippen LogP contribution is -2.61. The van der Waals surface area contributed by atoms with Crippen LogP contribution < -0.4 is 20.1 Å². The Morgan fingerprint density at radius 1 is 1.03 bits per heavy atom. The van der Waals surface area contributed by atoms with E-state index in [1.807, 2.05) is 0 Å². The number of hydrogen-bond acceptors (Lipinski definition) is 7. The largest absolute Gasteiger partial charge is 0.496 e. The number of carbonyl (C=O) groups excluding carboxylic acids is 3. The second kappa shape index (κ2) is 9.72. The van der Waals surface area contributed by atoms with Gasteiger partial charge in [0.25, 0.3) is 0 Å². The van der Waals surface area contributed by atoms with Crippen molar-refractivity contribution in [2.45, 2.75) is 51.2 Å². The highest BCUT2D eigenvalue weighted by Crippen LogP contribution is 2.37. The highest BCUT2D eigenvalue weighted by atomic mass is 16.6. The molecule has 1 saturated carbocycles. The van der Waals surface area contributed by atoms with Gasteiger partial charge in [0, 0.05) is 23.9 Å². The van der Waals surface area contributed by atoms with Crippen molar-refractivity contribution in [3.8, 4) is 11.5 Å². The molecule has 0 bridgehead atoms. The Labute approximate surface area is 182 Å². The van der Waals surface area contributed by atoms with Gasteiger partial charge in [0.2, 0.25) is 5.91 Å². The number of anilines is 1. The Kier molecular flexibility index (Phi) is 7.54. The predicted molar refractivity (Wildman–Crippen MR) is 115 cm³/mol. The molecule has 170 valence electrons. The van der Waals surface area contributed by atoms with Crippen LogP contribution in [0.25, 0.3) is 6.08 Å². The number of rotatable bonds is 7. The second-order valence-corrected chi connectivity index (χ2v) is 8.17. The summed E-state index contributed by atoms with van der Waals surface area (Å²) in [5.41, 5.74) is -0.767. The van der Waals surface area contributed by atoms with Crippen LogP contribution in [0.3, 0.4) is 0 Å². The average molecular weight is 434 g/mol. The number of alkyl carbamates (subject to hydrolysis) is 1. The molecule has 0 aromatic heterocycles. The molecule has 9 heteroatoms. The number of ether oxygens (including phenoxy) is 4. The highest BCUT2D eigenvalue weighted by Gasteiger charge is 2.46. The minimum absolute atomic E-state index is 0.355. The summed E-state index contributed by atoms with van der Waals surface area (Å²) in [5.74, 6) is -0.108. The summed E-state index contributed by atoms with van der Waals surface area (Å²) in [4.78, 5) is 36.7. The van der Waals surface area contributed by atoms with E-state index in [-0.39, 0.29) is 5.91 Å². The van der Waals surface area contributed by atoms with Crippen LogP contribution in [0.4, 0.5) is 10.5 Å². The zero-order valence-corrected chi connectivity index (χ0v) is 18.8. The van der Waals surface area contributed by atoms with Crippen molar-refractivity contribution in [1.29, 1.82) is 0 Å². The molecule has 0 aliphatic heterocycles. The standard InChI is InChI=1S/C22H30N2O7/c1-21(2,3)31-20(27)24-22(10-7-11-22)19(26)23-14-12-16(28-4)15(17(13-14)29-5)8-9-18(25)30-6/h8-9,12-13H,7,10-11H2,1-6H3,(H,23,26)(H,24,27)/b9-8+. The van der Waals surface area contributed by atoms with E-state index in [4.69, 9.17) is 14.2 Å². The molecule has 1 fully saturated rings. The molecular formula is C22H30N2O7. The molecule has 0 atom stereocenters. The molecule has 0 spiro atoms. The molecule has 2 rings (SSSR count). The number of esters is 1. The van der Waals surface area contributed by atoms with Gasteiger partial charge in [-0.15, -0.1) is 0 Å². The van der Waals surface area contributed by atoms with Crippen molar-refractivity contribution >= 4 is 29.7 Å². The maximum atomic E-state index is 13.0. The molecule has 1 aliphatic rings. The number of hydrogen-bond donors (Lipinski definition) is 2. The molecule has 2 N–H and O–H groups in total. The lowest BCUT2D eigenvalue weighted by atomic mass is 9.76. The lowest BCUT2D eigenvalue weighted by molar-refractivity contribution is -0.134. The number of methoxy groups -OCH3 is 3. The van der Waals surface area contributed by atoms with Crippen LogP contribution in [-0.4, -0.2) is 50.4 Å². The lowest BCUT2D eigenvalue weighted by Gasteiger charge is -2.40. The minimum atomic E-state index is -1.04. The molecule has 1 aromatic rings. The maximum Gasteiger partial charge on any atom is 0.408 e. The maximum absolute atomic E-state index is 13.0. The van der Waals surface area contributed by atoms with Gasteiger partial charge >= 0.3 is 12.1 Å². The first-order valence-electron chi connectivity index (χ1n) is 9.88. The van der Waals surface area contributed by atoms with E-state index in [1.54, 1.807) is 32.9 Å². The van der Waals surface area contributed by atoms with E-state index in [9.17, 15) is 14.4 Å². The van der Waals surface area contributed by atoms with E-state index in [1.165, 1.54) is 33.5 Å². The van der Waals surface area contributed by atoms with Gasteiger partial charge < -0.3 is 29.6 Å². The first kappa shape index (κ1) is 24.0. The van der Waals surface area contributed by atoms with Crippen LogP contribution >= 0.6 is 0 Å². The zero-order valence-electron chi connectivity index (χ0n) is 18.8. The number of benzene rings is 1. The summed E-state index contributed by atoms with van der Waals surface area (Å²) in [6.45, 7) is 5.28. The van der Waals surface area contributed by atoms with E-state index in [0.29, 0.717) is 35.6 Å². The normalized spacial score (nSPS) is 14.9. The van der Waals surface area contributed by atoms with Crippen LogP contribution in [0.1, 0.15) is 45.6 Å². The third kappa shape index (κ3) is 6.13. The van der Waals surface area contributed by atoms with Crippen LogP contribution in [0.2, 0.25) is 0 Å². The van der Waals surface area contributed by atoms with E-state index in [2.05, 4.69) is 15.4 Å². The van der Waals surface area contributed by atoms with E-state index in [0.717, 1.165) is 6.42 Å². The summed E-state index contributed by atoms with van der Waals surface area (Å²) < 4.78 is 20.7. The van der Waals surface area contributed by atoms with Gasteiger partial charge in [-0.3, -0.25) is 4.79 Å². The van der Waals surface area contributed by atoms with Crippen molar-refractivity contribution in [1.82, 2.24) is 5.32 Å². The molecule has 0 unspecified atom stereocenters. The highest BCUT2D eigenvalue weighted by molar-refractivity contribution is 6.01. The van der Waals surface area contributed by atoms with Gasteiger partial charge in [0.05, 0.1) is 26.9 Å². The first-order valence-corrected chi connectivity index (χ1v) is 9.88. The fourth-order valence-corrected chi connectivity index (χ4v) is 3.08. The third-order valence-electron chi connectivity index (χ3n) is 4.77. The summed E-state index contributed by atoms with van der Waals surface area (Å²) in [6.07, 6.45) is 3.94. The molecule has 0 heterocycles. The van der Waals surface area contributed by atoms with Crippen molar-refractivity contribution in [2.24, 2.45) is 0 Å². The van der Waals surface area contributed by atoms with Crippen molar-refractivity contribution < 1.29 is 33.3 Å². The van der Waals surface area contributed by atoms with Crippen LogP contribution in [0.15, 0.2) is 18.2 Å². The quantitative estimate of drug-likeness (QED) is 0.500. The topological polar surface area (TPSA) is 112 Å². The molecular weight excluding hydrogens is 404 g/mol. The van der Waals surface area contributed by atoms with Gasteiger partial charge in [0.15, 0.2) is 0 Å². The molecule has 1 aliphatic carbocycles. The molecule has 1 aromatic carbocycles. The van der Waals surface area contributed by atoms with Crippen molar-refractivity contribution in [3.05, 3.63) is 23.8 Å². The SMILES string of the molecule is COC(=O)/C=C/c1c(OC)cc(NC(=O)C2(NC(=O)OC(C)(C)C)CCC2)cc1OC. The summed E-state index contributed by atoms with van der Waals surface area (Å²) >= 11 is 0. The Bertz CT molecular complexity index is 842. The molecule has 0 radical (unpaired) electrons.